The summed E-state index contributed by atoms with van der Waals surface area (Å²) in [7, 11) is 0. The largest absolute Gasteiger partial charge is 0.491 e. The number of aromatic nitrogens is 3. The number of hydrogen-bond acceptors (Lipinski definition) is 5. The van der Waals surface area contributed by atoms with Crippen molar-refractivity contribution in [2.75, 3.05) is 0 Å². The van der Waals surface area contributed by atoms with E-state index in [2.05, 4.69) is 15.4 Å². The number of carbonyl (C=O) groups is 1. The molecule has 0 spiro atoms. The molecule has 2 rings (SSSR count). The Morgan fingerprint density at radius 1 is 1.45 bits per heavy atom. The monoisotopic (exact) mass is 276 g/mol. The lowest BCUT2D eigenvalue weighted by Crippen LogP contribution is -2.13. The minimum atomic E-state index is -0.665. The predicted molar refractivity (Wildman–Crippen MR) is 72.0 cm³/mol. The highest BCUT2D eigenvalue weighted by Crippen LogP contribution is 2.27. The van der Waals surface area contributed by atoms with Crippen molar-refractivity contribution in [1.82, 2.24) is 15.4 Å². The second kappa shape index (κ2) is 5.70. The van der Waals surface area contributed by atoms with Crippen LogP contribution in [0.3, 0.4) is 0 Å². The second-order valence-corrected chi connectivity index (χ2v) is 4.53. The van der Waals surface area contributed by atoms with E-state index < -0.39 is 5.91 Å². The highest BCUT2D eigenvalue weighted by atomic mass is 16.5. The summed E-state index contributed by atoms with van der Waals surface area (Å²) in [6.07, 6.45) is -0.000573. The van der Waals surface area contributed by atoms with Crippen LogP contribution in [0.2, 0.25) is 0 Å². The van der Waals surface area contributed by atoms with Crippen LogP contribution in [-0.4, -0.2) is 32.5 Å². The zero-order valence-corrected chi connectivity index (χ0v) is 11.3. The molecule has 0 saturated carbocycles. The number of primary amides is 1. The second-order valence-electron chi connectivity index (χ2n) is 4.53. The Labute approximate surface area is 115 Å². The number of nitrogens with zero attached hydrogens (tertiary/aromatic N) is 2. The van der Waals surface area contributed by atoms with Gasteiger partial charge in [0.1, 0.15) is 11.4 Å². The molecular weight excluding hydrogens is 260 g/mol. The standard InChI is InChI=1S/C13H16N4O3/c1-7(2)20-10-4-3-8(5-9(10)6-18)11-12(13(14)19)16-17-15-11/h3-5,7,18H,6H2,1-2H3,(H2,14,19)(H,15,16,17). The summed E-state index contributed by atoms with van der Waals surface area (Å²) < 4.78 is 5.59. The molecule has 0 atom stereocenters. The van der Waals surface area contributed by atoms with E-state index in [9.17, 15) is 9.90 Å². The molecule has 7 heteroatoms. The number of rotatable bonds is 5. The van der Waals surface area contributed by atoms with E-state index in [0.29, 0.717) is 22.6 Å². The first kappa shape index (κ1) is 14.0. The number of nitrogens with one attached hydrogen (secondary N) is 1. The van der Waals surface area contributed by atoms with Gasteiger partial charge < -0.3 is 15.6 Å². The fraction of sp³-hybridized carbons (Fsp3) is 0.308. The van der Waals surface area contributed by atoms with E-state index in [1.54, 1.807) is 18.2 Å². The fourth-order valence-electron chi connectivity index (χ4n) is 1.82. The predicted octanol–water partition coefficient (Wildman–Crippen LogP) is 0.850. The number of nitrogens with two attached hydrogens (primary N) is 1. The van der Waals surface area contributed by atoms with Crippen molar-refractivity contribution in [3.8, 4) is 17.0 Å². The van der Waals surface area contributed by atoms with Crippen LogP contribution in [0.1, 0.15) is 29.9 Å². The van der Waals surface area contributed by atoms with Gasteiger partial charge in [0.25, 0.3) is 5.91 Å². The van der Waals surface area contributed by atoms with Gasteiger partial charge in [-0.25, -0.2) is 0 Å². The Morgan fingerprint density at radius 2 is 2.20 bits per heavy atom. The van der Waals surface area contributed by atoms with Crippen molar-refractivity contribution in [1.29, 1.82) is 0 Å². The number of amides is 1. The molecule has 0 radical (unpaired) electrons. The van der Waals surface area contributed by atoms with Crippen LogP contribution in [0.15, 0.2) is 18.2 Å². The van der Waals surface area contributed by atoms with E-state index in [-0.39, 0.29) is 18.4 Å². The van der Waals surface area contributed by atoms with Gasteiger partial charge in [0, 0.05) is 11.1 Å². The van der Waals surface area contributed by atoms with Gasteiger partial charge >= 0.3 is 0 Å². The Kier molecular flexibility index (Phi) is 3.99. The summed E-state index contributed by atoms with van der Waals surface area (Å²) in [6.45, 7) is 3.62. The first-order chi connectivity index (χ1) is 9.52. The number of aliphatic hydroxyl groups is 1. The average Bonchev–Trinajstić information content (AvgIpc) is 2.88. The number of H-pyrrole nitrogens is 1. The Balaban J connectivity index is 2.43. The van der Waals surface area contributed by atoms with E-state index in [1.807, 2.05) is 13.8 Å². The van der Waals surface area contributed by atoms with Crippen molar-refractivity contribution >= 4 is 5.91 Å². The van der Waals surface area contributed by atoms with E-state index >= 15 is 0 Å². The molecule has 0 fully saturated rings. The molecule has 20 heavy (non-hydrogen) atoms. The maximum Gasteiger partial charge on any atom is 0.271 e. The number of hydrogen-bond donors (Lipinski definition) is 3. The smallest absolute Gasteiger partial charge is 0.271 e. The van der Waals surface area contributed by atoms with Gasteiger partial charge in [-0.05, 0) is 32.0 Å². The maximum atomic E-state index is 11.2. The molecule has 4 N–H and O–H groups in total. The molecule has 0 aliphatic carbocycles. The van der Waals surface area contributed by atoms with Crippen LogP contribution in [0.4, 0.5) is 0 Å². The van der Waals surface area contributed by atoms with Crippen LogP contribution >= 0.6 is 0 Å². The zero-order valence-electron chi connectivity index (χ0n) is 11.3. The normalized spacial score (nSPS) is 10.8. The highest BCUT2D eigenvalue weighted by molar-refractivity contribution is 5.96. The van der Waals surface area contributed by atoms with Crippen molar-refractivity contribution in [3.05, 3.63) is 29.5 Å². The molecule has 0 aliphatic heterocycles. The summed E-state index contributed by atoms with van der Waals surface area (Å²) in [4.78, 5) is 11.2. The minimum Gasteiger partial charge on any atom is -0.491 e. The third kappa shape index (κ3) is 2.77. The number of benzene rings is 1. The lowest BCUT2D eigenvalue weighted by Gasteiger charge is -2.14. The number of carbonyl (C=O) groups excluding carboxylic acids is 1. The van der Waals surface area contributed by atoms with Gasteiger partial charge in [-0.2, -0.15) is 15.4 Å². The lowest BCUT2D eigenvalue weighted by molar-refractivity contribution is 0.0996. The van der Waals surface area contributed by atoms with Crippen LogP contribution in [0.25, 0.3) is 11.3 Å². The highest BCUT2D eigenvalue weighted by Gasteiger charge is 2.16. The van der Waals surface area contributed by atoms with E-state index in [4.69, 9.17) is 10.5 Å². The third-order valence-electron chi connectivity index (χ3n) is 2.65. The molecule has 1 heterocycles. The zero-order chi connectivity index (χ0) is 14.7. The number of aliphatic hydroxyl groups excluding tert-OH is 1. The maximum absolute atomic E-state index is 11.2. The van der Waals surface area contributed by atoms with Crippen molar-refractivity contribution in [3.63, 3.8) is 0 Å². The van der Waals surface area contributed by atoms with Gasteiger partial charge in [0.2, 0.25) is 0 Å². The molecule has 0 unspecified atom stereocenters. The molecule has 1 aromatic heterocycles. The SMILES string of the molecule is CC(C)Oc1ccc(-c2n[nH]nc2C(N)=O)cc1CO. The number of aromatic amines is 1. The Morgan fingerprint density at radius 3 is 2.80 bits per heavy atom. The topological polar surface area (TPSA) is 114 Å². The molecule has 1 amide bonds. The molecule has 0 aliphatic rings. The van der Waals surface area contributed by atoms with Crippen molar-refractivity contribution in [2.24, 2.45) is 5.73 Å². The van der Waals surface area contributed by atoms with Crippen LogP contribution in [0.5, 0.6) is 5.75 Å². The Bertz CT molecular complexity index is 622. The van der Waals surface area contributed by atoms with Gasteiger partial charge in [0.15, 0.2) is 5.69 Å². The molecule has 1 aromatic carbocycles. The van der Waals surface area contributed by atoms with E-state index in [1.165, 1.54) is 0 Å². The lowest BCUT2D eigenvalue weighted by atomic mass is 10.1. The summed E-state index contributed by atoms with van der Waals surface area (Å²) >= 11 is 0. The molecule has 7 nitrogen and oxygen atoms in total. The molecule has 106 valence electrons. The first-order valence-corrected chi connectivity index (χ1v) is 6.14. The minimum absolute atomic E-state index is 0.000573. The van der Waals surface area contributed by atoms with E-state index in [0.717, 1.165) is 0 Å². The first-order valence-electron chi connectivity index (χ1n) is 6.14. The molecule has 0 saturated heterocycles. The Hall–Kier alpha value is -2.41. The quantitative estimate of drug-likeness (QED) is 0.749. The number of ether oxygens (including phenoxy) is 1. The van der Waals surface area contributed by atoms with Crippen molar-refractivity contribution in [2.45, 2.75) is 26.6 Å². The van der Waals surface area contributed by atoms with Crippen LogP contribution < -0.4 is 10.5 Å². The summed E-state index contributed by atoms with van der Waals surface area (Å²) in [6, 6.07) is 5.16. The van der Waals surface area contributed by atoms with Gasteiger partial charge in [-0.3, -0.25) is 4.79 Å². The average molecular weight is 276 g/mol. The molecule has 0 bridgehead atoms. The molecular formula is C13H16N4O3. The van der Waals surface area contributed by atoms with Gasteiger partial charge in [-0.15, -0.1) is 0 Å². The summed E-state index contributed by atoms with van der Waals surface area (Å²) in [5, 5.41) is 19.4. The summed E-state index contributed by atoms with van der Waals surface area (Å²) in [5.74, 6) is -0.0721. The van der Waals surface area contributed by atoms with Gasteiger partial charge in [-0.1, -0.05) is 0 Å². The van der Waals surface area contributed by atoms with Gasteiger partial charge in [0.05, 0.1) is 12.7 Å². The molecule has 2 aromatic rings. The fourth-order valence-corrected chi connectivity index (χ4v) is 1.82. The van der Waals surface area contributed by atoms with Crippen molar-refractivity contribution < 1.29 is 14.6 Å². The van der Waals surface area contributed by atoms with Crippen LogP contribution in [-0.2, 0) is 6.61 Å². The summed E-state index contributed by atoms with van der Waals surface area (Å²) in [5.41, 5.74) is 6.88. The van der Waals surface area contributed by atoms with Crippen LogP contribution in [0, 0.1) is 0 Å². The third-order valence-corrected chi connectivity index (χ3v) is 2.65.